The summed E-state index contributed by atoms with van der Waals surface area (Å²) in [5.74, 6) is 0.153. The number of aromatic nitrogens is 1. The van der Waals surface area contributed by atoms with Gasteiger partial charge in [0.1, 0.15) is 34.3 Å². The van der Waals surface area contributed by atoms with E-state index in [0.717, 1.165) is 11.1 Å². The summed E-state index contributed by atoms with van der Waals surface area (Å²) in [5.41, 5.74) is 1.84. The number of esters is 2. The fourth-order valence-corrected chi connectivity index (χ4v) is 4.51. The predicted molar refractivity (Wildman–Crippen MR) is 150 cm³/mol. The van der Waals surface area contributed by atoms with Gasteiger partial charge in [-0.05, 0) is 26.0 Å². The SMILES string of the molecule is COc1ccccc1C(c1ccccc1OC)[C@H](C)OC(=O)[C@H](C)NC(=S)c1nccc(OC)c1OC(C)=O. The zero-order chi connectivity index (χ0) is 28.5. The van der Waals surface area contributed by atoms with Gasteiger partial charge in [-0.25, -0.2) is 9.78 Å². The molecule has 0 amide bonds. The first kappa shape index (κ1) is 29.4. The van der Waals surface area contributed by atoms with E-state index in [9.17, 15) is 9.59 Å². The Morgan fingerprint density at radius 3 is 1.90 bits per heavy atom. The van der Waals surface area contributed by atoms with E-state index < -0.39 is 30.0 Å². The van der Waals surface area contributed by atoms with Gasteiger partial charge in [-0.2, -0.15) is 0 Å². The molecule has 206 valence electrons. The van der Waals surface area contributed by atoms with Crippen molar-refractivity contribution in [1.82, 2.24) is 10.3 Å². The van der Waals surface area contributed by atoms with Crippen molar-refractivity contribution in [3.63, 3.8) is 0 Å². The largest absolute Gasteiger partial charge is 0.496 e. The molecule has 0 bridgehead atoms. The molecule has 0 saturated carbocycles. The molecule has 0 radical (unpaired) electrons. The predicted octanol–water partition coefficient (Wildman–Crippen LogP) is 4.45. The Hall–Kier alpha value is -4.18. The molecule has 9 nitrogen and oxygen atoms in total. The number of carbonyl (C=O) groups is 2. The lowest BCUT2D eigenvalue weighted by Crippen LogP contribution is -2.41. The number of nitrogens with one attached hydrogen (secondary N) is 1. The number of para-hydroxylation sites is 2. The van der Waals surface area contributed by atoms with Crippen LogP contribution in [-0.2, 0) is 14.3 Å². The Balaban J connectivity index is 1.86. The highest BCUT2D eigenvalue weighted by atomic mass is 32.1. The molecule has 1 heterocycles. The zero-order valence-electron chi connectivity index (χ0n) is 22.7. The van der Waals surface area contributed by atoms with Crippen LogP contribution in [0, 0.1) is 0 Å². The number of methoxy groups -OCH3 is 3. The molecule has 0 saturated heterocycles. The Kier molecular flexibility index (Phi) is 10.2. The minimum atomic E-state index is -0.853. The van der Waals surface area contributed by atoms with Gasteiger partial charge in [0.25, 0.3) is 0 Å². The topological polar surface area (TPSA) is 105 Å². The van der Waals surface area contributed by atoms with Crippen molar-refractivity contribution < 1.29 is 33.3 Å². The van der Waals surface area contributed by atoms with Crippen LogP contribution < -0.4 is 24.3 Å². The molecule has 0 aliphatic carbocycles. The average Bonchev–Trinajstić information content (AvgIpc) is 2.93. The number of carbonyl (C=O) groups excluding carboxylic acids is 2. The Morgan fingerprint density at radius 1 is 0.846 bits per heavy atom. The van der Waals surface area contributed by atoms with E-state index in [1.807, 2.05) is 55.5 Å². The minimum absolute atomic E-state index is 0.0614. The summed E-state index contributed by atoms with van der Waals surface area (Å²) in [7, 11) is 4.63. The Labute approximate surface area is 233 Å². The van der Waals surface area contributed by atoms with Crippen molar-refractivity contribution in [1.29, 1.82) is 0 Å². The number of thiocarbonyl (C=S) groups is 1. The third-order valence-electron chi connectivity index (χ3n) is 5.97. The number of hydrogen-bond acceptors (Lipinski definition) is 9. The molecule has 10 heteroatoms. The lowest BCUT2D eigenvalue weighted by Gasteiger charge is -2.28. The number of hydrogen-bond donors (Lipinski definition) is 1. The highest BCUT2D eigenvalue weighted by molar-refractivity contribution is 7.80. The van der Waals surface area contributed by atoms with Gasteiger partial charge >= 0.3 is 11.9 Å². The van der Waals surface area contributed by atoms with Crippen LogP contribution in [0.1, 0.15) is 43.5 Å². The molecule has 39 heavy (non-hydrogen) atoms. The third kappa shape index (κ3) is 7.02. The second-order valence-corrected chi connectivity index (χ2v) is 8.99. The van der Waals surface area contributed by atoms with Crippen molar-refractivity contribution in [2.45, 2.75) is 38.8 Å². The number of rotatable bonds is 11. The van der Waals surface area contributed by atoms with Crippen LogP contribution in [-0.4, -0.2) is 55.4 Å². The molecule has 0 fully saturated rings. The summed E-state index contributed by atoms with van der Waals surface area (Å²) in [4.78, 5) is 29.2. The minimum Gasteiger partial charge on any atom is -0.496 e. The molecule has 1 N–H and O–H groups in total. The quantitative estimate of drug-likeness (QED) is 0.271. The van der Waals surface area contributed by atoms with Gasteiger partial charge < -0.3 is 29.0 Å². The Morgan fingerprint density at radius 2 is 1.38 bits per heavy atom. The number of pyridine rings is 1. The van der Waals surface area contributed by atoms with Gasteiger partial charge in [0.05, 0.1) is 27.2 Å². The molecule has 3 aromatic rings. The summed E-state index contributed by atoms with van der Waals surface area (Å²) in [6.07, 6.45) is 0.847. The van der Waals surface area contributed by atoms with E-state index in [2.05, 4.69) is 10.3 Å². The molecule has 0 spiro atoms. The first-order chi connectivity index (χ1) is 18.7. The highest BCUT2D eigenvalue weighted by Crippen LogP contribution is 2.39. The van der Waals surface area contributed by atoms with Gasteiger partial charge in [-0.1, -0.05) is 48.6 Å². The van der Waals surface area contributed by atoms with Gasteiger partial charge in [0.15, 0.2) is 5.75 Å². The molecule has 0 unspecified atom stereocenters. The van der Waals surface area contributed by atoms with Crippen LogP contribution in [0.15, 0.2) is 60.8 Å². The van der Waals surface area contributed by atoms with Crippen molar-refractivity contribution >= 4 is 29.1 Å². The van der Waals surface area contributed by atoms with Gasteiger partial charge in [-0.15, -0.1) is 0 Å². The van der Waals surface area contributed by atoms with Gasteiger partial charge in [0, 0.05) is 30.3 Å². The molecule has 2 aromatic carbocycles. The van der Waals surface area contributed by atoms with E-state index >= 15 is 0 Å². The molecule has 1 aromatic heterocycles. The van der Waals surface area contributed by atoms with E-state index in [-0.39, 0.29) is 22.2 Å². The fraction of sp³-hybridized carbons (Fsp3) is 0.310. The molecule has 3 rings (SSSR count). The maximum absolute atomic E-state index is 13.2. The van der Waals surface area contributed by atoms with Crippen molar-refractivity contribution in [2.75, 3.05) is 21.3 Å². The second kappa shape index (κ2) is 13.6. The van der Waals surface area contributed by atoms with Crippen molar-refractivity contribution in [3.05, 3.63) is 77.6 Å². The van der Waals surface area contributed by atoms with Crippen LogP contribution in [0.4, 0.5) is 0 Å². The van der Waals surface area contributed by atoms with Crippen LogP contribution >= 0.6 is 12.2 Å². The summed E-state index contributed by atoms with van der Waals surface area (Å²) < 4.78 is 27.7. The van der Waals surface area contributed by atoms with Gasteiger partial charge in [0.2, 0.25) is 5.75 Å². The lowest BCUT2D eigenvalue weighted by molar-refractivity contribution is -0.150. The maximum atomic E-state index is 13.2. The summed E-state index contributed by atoms with van der Waals surface area (Å²) in [6.45, 7) is 4.69. The zero-order valence-corrected chi connectivity index (χ0v) is 23.5. The van der Waals surface area contributed by atoms with Gasteiger partial charge in [-0.3, -0.25) is 4.79 Å². The second-order valence-electron chi connectivity index (χ2n) is 8.58. The summed E-state index contributed by atoms with van der Waals surface area (Å²) >= 11 is 5.49. The van der Waals surface area contributed by atoms with Crippen molar-refractivity contribution in [3.8, 4) is 23.0 Å². The molecule has 2 atom stereocenters. The third-order valence-corrected chi connectivity index (χ3v) is 6.28. The lowest BCUT2D eigenvalue weighted by atomic mass is 9.86. The van der Waals surface area contributed by atoms with Crippen LogP contribution in [0.25, 0.3) is 0 Å². The number of benzene rings is 2. The molecule has 0 aliphatic heterocycles. The molecule has 0 aliphatic rings. The highest BCUT2D eigenvalue weighted by Gasteiger charge is 2.31. The first-order valence-electron chi connectivity index (χ1n) is 12.2. The fourth-order valence-electron chi connectivity index (χ4n) is 4.19. The summed E-state index contributed by atoms with van der Waals surface area (Å²) in [6, 6.07) is 15.8. The average molecular weight is 553 g/mol. The van der Waals surface area contributed by atoms with E-state index in [1.165, 1.54) is 20.2 Å². The van der Waals surface area contributed by atoms with E-state index in [1.54, 1.807) is 27.2 Å². The van der Waals surface area contributed by atoms with Crippen molar-refractivity contribution in [2.24, 2.45) is 0 Å². The van der Waals surface area contributed by atoms with Crippen LogP contribution in [0.2, 0.25) is 0 Å². The normalized spacial score (nSPS) is 12.2. The number of nitrogens with zero attached hydrogens (tertiary/aromatic N) is 1. The van der Waals surface area contributed by atoms with E-state index in [4.69, 9.17) is 35.9 Å². The maximum Gasteiger partial charge on any atom is 0.328 e. The molecular weight excluding hydrogens is 520 g/mol. The number of ether oxygens (including phenoxy) is 5. The van der Waals surface area contributed by atoms with E-state index in [0.29, 0.717) is 11.5 Å². The summed E-state index contributed by atoms with van der Waals surface area (Å²) in [5, 5.41) is 2.93. The van der Waals surface area contributed by atoms with Crippen LogP contribution in [0.3, 0.4) is 0 Å². The standard InChI is InChI=1S/C29H32N2O7S/c1-17(31-28(39)26-27(38-19(3)32)24(36-6)15-16-30-26)29(33)37-18(2)25(20-11-7-9-13-22(20)34-4)21-12-8-10-14-23(21)35-5/h7-18,25H,1-6H3,(H,31,39)/t17-,18-/m0/s1. The first-order valence-corrected chi connectivity index (χ1v) is 12.6. The molecular formula is C29H32N2O7S. The Bertz CT molecular complexity index is 1280. The monoisotopic (exact) mass is 552 g/mol. The smallest absolute Gasteiger partial charge is 0.328 e. The van der Waals surface area contributed by atoms with Crippen LogP contribution in [0.5, 0.6) is 23.0 Å².